The molecule has 1 unspecified atom stereocenters. The summed E-state index contributed by atoms with van der Waals surface area (Å²) in [6.07, 6.45) is 0.924. The van der Waals surface area contributed by atoms with E-state index in [2.05, 4.69) is 10.9 Å². The van der Waals surface area contributed by atoms with Crippen molar-refractivity contribution in [3.63, 3.8) is 0 Å². The van der Waals surface area contributed by atoms with Crippen molar-refractivity contribution in [1.29, 1.82) is 0 Å². The normalized spacial score (nSPS) is 13.7. The molecule has 0 aromatic heterocycles. The van der Waals surface area contributed by atoms with Crippen molar-refractivity contribution < 1.29 is 0 Å². The maximum Gasteiger partial charge on any atom is 0.330 e. The van der Waals surface area contributed by atoms with Gasteiger partial charge < -0.3 is 0 Å². The minimum atomic E-state index is -1.47. The predicted molar refractivity (Wildman–Crippen MR) is 47.3 cm³/mol. The Morgan fingerprint density at radius 2 is 2.00 bits per heavy atom. The minimum Gasteiger partial charge on any atom is -0.0760 e. The Morgan fingerprint density at radius 1 is 1.50 bits per heavy atom. The maximum absolute atomic E-state index is 5.36. The molecule has 0 amide bonds. The summed E-state index contributed by atoms with van der Waals surface area (Å²) < 4.78 is -1.47. The molecule has 1 nitrogen and oxygen atoms in total. The summed E-state index contributed by atoms with van der Waals surface area (Å²) >= 11 is 16.1. The van der Waals surface area contributed by atoms with Gasteiger partial charge in [-0.15, -0.1) is 0 Å². The van der Waals surface area contributed by atoms with E-state index in [4.69, 9.17) is 34.8 Å². The van der Waals surface area contributed by atoms with Gasteiger partial charge in [0.2, 0.25) is 0 Å². The molecule has 0 aromatic carbocycles. The number of hydrogen-bond acceptors (Lipinski definition) is 0. The first kappa shape index (κ1) is 10.4. The van der Waals surface area contributed by atoms with Gasteiger partial charge in [-0.05, 0) is 0 Å². The van der Waals surface area contributed by atoms with E-state index in [-0.39, 0.29) is 6.04 Å². The summed E-state index contributed by atoms with van der Waals surface area (Å²) in [6.45, 7) is 3.94. The van der Waals surface area contributed by atoms with Gasteiger partial charge in [-0.2, -0.15) is 0 Å². The van der Waals surface area contributed by atoms with Crippen LogP contribution in [0.5, 0.6) is 0 Å². The van der Waals surface area contributed by atoms with E-state index in [1.54, 1.807) is 0 Å². The highest BCUT2D eigenvalue weighted by Crippen LogP contribution is 2.24. The fraction of sp³-hybridized carbons (Fsp3) is 0.833. The van der Waals surface area contributed by atoms with E-state index in [1.165, 1.54) is 0 Å². The predicted octanol–water partition coefficient (Wildman–Crippen LogP) is 3.49. The van der Waals surface area contributed by atoms with Crippen molar-refractivity contribution in [2.75, 3.05) is 0 Å². The second-order valence-electron chi connectivity index (χ2n) is 2.00. The Kier molecular flexibility index (Phi) is 4.44. The quantitative estimate of drug-likeness (QED) is 0.572. The molecule has 0 aliphatic carbocycles. The molecule has 0 heterocycles. The van der Waals surface area contributed by atoms with Crippen molar-refractivity contribution in [2.45, 2.75) is 30.1 Å². The molecule has 10 heavy (non-hydrogen) atoms. The van der Waals surface area contributed by atoms with E-state index in [1.807, 2.05) is 13.8 Å². The van der Waals surface area contributed by atoms with Crippen LogP contribution in [0.4, 0.5) is 0 Å². The molecule has 0 saturated carbocycles. The van der Waals surface area contributed by atoms with Crippen LogP contribution in [0.3, 0.4) is 0 Å². The molecule has 0 bridgehead atoms. The Labute approximate surface area is 76.1 Å². The Balaban J connectivity index is 3.91. The van der Waals surface area contributed by atoms with Gasteiger partial charge >= 0.3 is 9.86 Å². The molecule has 0 saturated heterocycles. The van der Waals surface area contributed by atoms with Crippen molar-refractivity contribution >= 4 is 34.8 Å². The van der Waals surface area contributed by atoms with Gasteiger partial charge in [-0.1, -0.05) is 46.6 Å². The van der Waals surface area contributed by atoms with Gasteiger partial charge in [0.05, 0.1) is 0 Å². The molecule has 0 fully saturated rings. The van der Waals surface area contributed by atoms with Crippen molar-refractivity contribution in [1.82, 2.24) is 0 Å². The molecule has 0 N–H and O–H groups in total. The largest absolute Gasteiger partial charge is 0.330 e. The zero-order chi connectivity index (χ0) is 8.20. The summed E-state index contributed by atoms with van der Waals surface area (Å²) in [6, 6.07) is 2.57. The standard InChI is InChI=1S/C6H9Cl3N/c1-3-5(2)10-4-6(7,8)9/h5H,3H2,1-2H3/q+1. The van der Waals surface area contributed by atoms with Gasteiger partial charge in [0, 0.05) is 13.3 Å². The van der Waals surface area contributed by atoms with Crippen molar-refractivity contribution in [3.8, 4) is 6.07 Å². The molecule has 58 valence electrons. The van der Waals surface area contributed by atoms with Gasteiger partial charge in [-0.25, -0.2) is 0 Å². The lowest BCUT2D eigenvalue weighted by atomic mass is 10.3. The number of alkyl halides is 3. The van der Waals surface area contributed by atoms with Crippen LogP contribution in [0, 0.1) is 6.07 Å². The van der Waals surface area contributed by atoms with E-state index in [9.17, 15) is 0 Å². The zero-order valence-corrected chi connectivity index (χ0v) is 8.13. The second kappa shape index (κ2) is 4.28. The molecule has 0 aromatic rings. The molecule has 0 aliphatic heterocycles. The minimum absolute atomic E-state index is 0.177. The summed E-state index contributed by atoms with van der Waals surface area (Å²) in [5.74, 6) is 0. The molecular weight excluding hydrogens is 192 g/mol. The highest BCUT2D eigenvalue weighted by atomic mass is 35.6. The average Bonchev–Trinajstić information content (AvgIpc) is 1.81. The van der Waals surface area contributed by atoms with E-state index < -0.39 is 3.79 Å². The van der Waals surface area contributed by atoms with Gasteiger partial charge in [-0.3, -0.25) is 0 Å². The SMILES string of the molecule is CCC(C)[N+]#CC(Cl)(Cl)Cl. The van der Waals surface area contributed by atoms with E-state index >= 15 is 0 Å². The molecule has 0 radical (unpaired) electrons. The van der Waals surface area contributed by atoms with Crippen LogP contribution in [-0.4, -0.2) is 9.83 Å². The lowest BCUT2D eigenvalue weighted by Crippen LogP contribution is -1.97. The third-order valence-electron chi connectivity index (χ3n) is 1.00. The Hall–Kier alpha value is 0.360. The van der Waals surface area contributed by atoms with Crippen LogP contribution in [-0.2, 0) is 0 Å². The fourth-order valence-corrected chi connectivity index (χ4v) is 0.421. The first-order valence-corrected chi connectivity index (χ1v) is 4.13. The molecule has 1 atom stereocenters. The average molecular weight is 202 g/mol. The van der Waals surface area contributed by atoms with Crippen LogP contribution in [0.25, 0.3) is 4.85 Å². The Morgan fingerprint density at radius 3 is 2.30 bits per heavy atom. The smallest absolute Gasteiger partial charge is 0.0760 e. The monoisotopic (exact) mass is 200 g/mol. The van der Waals surface area contributed by atoms with Crippen molar-refractivity contribution in [2.24, 2.45) is 0 Å². The van der Waals surface area contributed by atoms with Crippen LogP contribution in [0.15, 0.2) is 0 Å². The molecule has 4 heteroatoms. The third-order valence-corrected chi connectivity index (χ3v) is 1.26. The van der Waals surface area contributed by atoms with Crippen LogP contribution in [0.2, 0.25) is 0 Å². The number of rotatable bonds is 1. The van der Waals surface area contributed by atoms with E-state index in [0.29, 0.717) is 0 Å². The maximum atomic E-state index is 5.36. The summed E-state index contributed by atoms with van der Waals surface area (Å²) in [5.41, 5.74) is 0. The zero-order valence-electron chi connectivity index (χ0n) is 5.87. The molecule has 0 spiro atoms. The first-order chi connectivity index (χ1) is 4.45. The number of nitrogens with zero attached hydrogens (tertiary/aromatic N) is 1. The van der Waals surface area contributed by atoms with Crippen molar-refractivity contribution in [3.05, 3.63) is 4.85 Å². The third kappa shape index (κ3) is 6.48. The Bertz CT molecular complexity index is 151. The lowest BCUT2D eigenvalue weighted by molar-refractivity contribution is 0.814. The molecule has 0 aliphatic rings. The second-order valence-corrected chi connectivity index (χ2v) is 4.28. The summed E-state index contributed by atoms with van der Waals surface area (Å²) in [4.78, 5) is 3.87. The fourth-order valence-electron chi connectivity index (χ4n) is 0.275. The van der Waals surface area contributed by atoms with E-state index in [0.717, 1.165) is 6.42 Å². The topological polar surface area (TPSA) is 4.36 Å². The highest BCUT2D eigenvalue weighted by Gasteiger charge is 2.24. The summed E-state index contributed by atoms with van der Waals surface area (Å²) in [5, 5.41) is 0. The number of hydrogen-bond donors (Lipinski definition) is 0. The van der Waals surface area contributed by atoms with Crippen LogP contribution >= 0.6 is 34.8 Å². The van der Waals surface area contributed by atoms with Gasteiger partial charge in [0.1, 0.15) is 0 Å². The highest BCUT2D eigenvalue weighted by molar-refractivity contribution is 6.69. The number of halogens is 3. The van der Waals surface area contributed by atoms with Gasteiger partial charge in [0.25, 0.3) is 6.04 Å². The summed E-state index contributed by atoms with van der Waals surface area (Å²) in [7, 11) is 0. The lowest BCUT2D eigenvalue weighted by Gasteiger charge is -1.89. The first-order valence-electron chi connectivity index (χ1n) is 2.99. The van der Waals surface area contributed by atoms with Crippen LogP contribution in [0.1, 0.15) is 20.3 Å². The van der Waals surface area contributed by atoms with Gasteiger partial charge in [0.15, 0.2) is 0 Å². The molecular formula is C6H9Cl3N+. The molecule has 0 rings (SSSR count). The van der Waals surface area contributed by atoms with Crippen LogP contribution < -0.4 is 0 Å².